The molecular weight excluding hydrogens is 269 g/mol. The fourth-order valence-corrected chi connectivity index (χ4v) is 2.42. The number of benzene rings is 2. The maximum absolute atomic E-state index is 6.00. The molecule has 2 nitrogen and oxygen atoms in total. The zero-order valence-electron chi connectivity index (χ0n) is 9.49. The summed E-state index contributed by atoms with van der Waals surface area (Å²) in [5, 5.41) is 4.83. The van der Waals surface area contributed by atoms with E-state index in [1.54, 1.807) is 0 Å². The molecule has 2 aromatic carbocycles. The van der Waals surface area contributed by atoms with Gasteiger partial charge < -0.3 is 10.1 Å². The molecule has 4 heteroatoms. The van der Waals surface area contributed by atoms with Crippen LogP contribution in [0.4, 0.5) is 5.69 Å². The Kier molecular flexibility index (Phi) is 3.06. The van der Waals surface area contributed by atoms with Crippen LogP contribution in [-0.2, 0) is 0 Å². The molecular formula is C14H11Cl2NO. The summed E-state index contributed by atoms with van der Waals surface area (Å²) in [5.74, 6) is 0.831. The van der Waals surface area contributed by atoms with Gasteiger partial charge in [0.15, 0.2) is 0 Å². The second kappa shape index (κ2) is 4.71. The largest absolute Gasteiger partial charge is 0.489 e. The third-order valence-electron chi connectivity index (χ3n) is 2.93. The molecule has 0 unspecified atom stereocenters. The van der Waals surface area contributed by atoms with Crippen molar-refractivity contribution in [3.8, 4) is 5.75 Å². The van der Waals surface area contributed by atoms with Crippen molar-refractivity contribution in [2.45, 2.75) is 6.04 Å². The van der Waals surface area contributed by atoms with Crippen molar-refractivity contribution < 1.29 is 4.74 Å². The predicted molar refractivity (Wildman–Crippen MR) is 74.8 cm³/mol. The van der Waals surface area contributed by atoms with Crippen LogP contribution in [0.5, 0.6) is 5.75 Å². The van der Waals surface area contributed by atoms with Crippen LogP contribution in [0, 0.1) is 0 Å². The number of hydrogen-bond acceptors (Lipinski definition) is 2. The average Bonchev–Trinajstić information content (AvgIpc) is 2.38. The first-order valence-electron chi connectivity index (χ1n) is 5.67. The van der Waals surface area contributed by atoms with Gasteiger partial charge in [0.05, 0.1) is 11.7 Å². The van der Waals surface area contributed by atoms with Crippen LogP contribution in [-0.4, -0.2) is 6.61 Å². The number of nitrogens with one attached hydrogen (secondary N) is 1. The minimum atomic E-state index is 0.0923. The summed E-state index contributed by atoms with van der Waals surface area (Å²) in [6, 6.07) is 13.4. The summed E-state index contributed by atoms with van der Waals surface area (Å²) in [6.07, 6.45) is 0. The van der Waals surface area contributed by atoms with Crippen molar-refractivity contribution in [1.29, 1.82) is 0 Å². The molecule has 92 valence electrons. The molecule has 0 bridgehead atoms. The van der Waals surface area contributed by atoms with Crippen LogP contribution in [0.15, 0.2) is 42.5 Å². The van der Waals surface area contributed by atoms with Crippen LogP contribution < -0.4 is 10.1 Å². The number of rotatable bonds is 1. The van der Waals surface area contributed by atoms with Crippen molar-refractivity contribution in [3.63, 3.8) is 0 Å². The van der Waals surface area contributed by atoms with E-state index in [9.17, 15) is 0 Å². The Labute approximate surface area is 115 Å². The molecule has 0 radical (unpaired) electrons. The van der Waals surface area contributed by atoms with Gasteiger partial charge in [0.2, 0.25) is 0 Å². The molecule has 18 heavy (non-hydrogen) atoms. The van der Waals surface area contributed by atoms with E-state index in [1.165, 1.54) is 0 Å². The van der Waals surface area contributed by atoms with Gasteiger partial charge in [0.1, 0.15) is 12.4 Å². The fourth-order valence-electron chi connectivity index (χ4n) is 2.05. The number of hydrogen-bond donors (Lipinski definition) is 1. The zero-order chi connectivity index (χ0) is 12.5. The highest BCUT2D eigenvalue weighted by molar-refractivity contribution is 6.31. The highest BCUT2D eigenvalue weighted by Gasteiger charge is 2.20. The Morgan fingerprint density at radius 1 is 1.06 bits per heavy atom. The van der Waals surface area contributed by atoms with Crippen LogP contribution in [0.3, 0.4) is 0 Å². The molecule has 1 N–H and O–H groups in total. The second-order valence-electron chi connectivity index (χ2n) is 4.20. The maximum Gasteiger partial charge on any atom is 0.142 e. The third kappa shape index (κ3) is 2.26. The van der Waals surface area contributed by atoms with Gasteiger partial charge in [-0.05, 0) is 35.9 Å². The zero-order valence-corrected chi connectivity index (χ0v) is 11.0. The van der Waals surface area contributed by atoms with Gasteiger partial charge in [-0.1, -0.05) is 35.3 Å². The Hall–Kier alpha value is -1.38. The quantitative estimate of drug-likeness (QED) is 0.828. The van der Waals surface area contributed by atoms with Crippen LogP contribution in [0.2, 0.25) is 10.0 Å². The maximum atomic E-state index is 6.00. The molecule has 0 aromatic heterocycles. The Morgan fingerprint density at radius 2 is 1.89 bits per heavy atom. The molecule has 1 heterocycles. The molecule has 1 aliphatic rings. The Bertz CT molecular complexity index is 586. The normalized spacial score (nSPS) is 17.6. The summed E-state index contributed by atoms with van der Waals surface area (Å²) in [5.41, 5.74) is 2.02. The van der Waals surface area contributed by atoms with Gasteiger partial charge in [-0.25, -0.2) is 0 Å². The summed E-state index contributed by atoms with van der Waals surface area (Å²) in [7, 11) is 0. The Morgan fingerprint density at radius 3 is 2.72 bits per heavy atom. The molecule has 3 rings (SSSR count). The van der Waals surface area contributed by atoms with Crippen molar-refractivity contribution in [2.75, 3.05) is 11.9 Å². The summed E-state index contributed by atoms with van der Waals surface area (Å²) < 4.78 is 5.72. The number of fused-ring (bicyclic) bond motifs is 1. The molecule has 0 fully saturated rings. The predicted octanol–water partition coefficient (Wildman–Crippen LogP) is 4.54. The summed E-state index contributed by atoms with van der Waals surface area (Å²) in [6.45, 7) is 0.578. The topological polar surface area (TPSA) is 21.3 Å². The fraction of sp³-hybridized carbons (Fsp3) is 0.143. The molecule has 1 aliphatic heterocycles. The van der Waals surface area contributed by atoms with Crippen LogP contribution in [0.25, 0.3) is 0 Å². The van der Waals surface area contributed by atoms with Gasteiger partial charge in [0.25, 0.3) is 0 Å². The van der Waals surface area contributed by atoms with Gasteiger partial charge in [-0.3, -0.25) is 0 Å². The number of halogens is 2. The van der Waals surface area contributed by atoms with Crippen molar-refractivity contribution in [1.82, 2.24) is 0 Å². The van der Waals surface area contributed by atoms with Crippen LogP contribution >= 0.6 is 23.2 Å². The van der Waals surface area contributed by atoms with Gasteiger partial charge in [-0.2, -0.15) is 0 Å². The summed E-state index contributed by atoms with van der Waals surface area (Å²) >= 11 is 12.0. The molecule has 1 atom stereocenters. The van der Waals surface area contributed by atoms with Crippen molar-refractivity contribution in [3.05, 3.63) is 58.1 Å². The lowest BCUT2D eigenvalue weighted by Gasteiger charge is -2.28. The van der Waals surface area contributed by atoms with Gasteiger partial charge in [-0.15, -0.1) is 0 Å². The Balaban J connectivity index is 1.90. The second-order valence-corrected chi connectivity index (χ2v) is 5.08. The lowest BCUT2D eigenvalue weighted by molar-refractivity contribution is 0.286. The lowest BCUT2D eigenvalue weighted by Crippen LogP contribution is -2.23. The first kappa shape index (κ1) is 11.7. The molecule has 0 saturated carbocycles. The van der Waals surface area contributed by atoms with E-state index in [1.807, 2.05) is 42.5 Å². The molecule has 0 saturated heterocycles. The minimum Gasteiger partial charge on any atom is -0.489 e. The van der Waals surface area contributed by atoms with E-state index in [0.717, 1.165) is 22.0 Å². The summed E-state index contributed by atoms with van der Waals surface area (Å²) in [4.78, 5) is 0. The van der Waals surface area contributed by atoms with Crippen molar-refractivity contribution in [2.24, 2.45) is 0 Å². The third-order valence-corrected chi connectivity index (χ3v) is 3.40. The molecule has 0 spiro atoms. The first-order valence-corrected chi connectivity index (χ1v) is 6.42. The monoisotopic (exact) mass is 279 g/mol. The lowest BCUT2D eigenvalue weighted by atomic mass is 10.1. The van der Waals surface area contributed by atoms with E-state index >= 15 is 0 Å². The molecule has 2 aromatic rings. The smallest absolute Gasteiger partial charge is 0.142 e. The standard InChI is InChI=1S/C14H11Cl2NO/c15-10-3-1-2-9(6-10)13-8-18-14-5-4-11(16)7-12(14)17-13/h1-7,13,17H,8H2/t13-/m0/s1. The average molecular weight is 280 g/mol. The first-order chi connectivity index (χ1) is 8.72. The van der Waals surface area contributed by atoms with Crippen LogP contribution in [0.1, 0.15) is 11.6 Å². The number of anilines is 1. The van der Waals surface area contributed by atoms with Crippen molar-refractivity contribution >= 4 is 28.9 Å². The van der Waals surface area contributed by atoms with Gasteiger partial charge >= 0.3 is 0 Å². The van der Waals surface area contributed by atoms with E-state index in [-0.39, 0.29) is 6.04 Å². The number of ether oxygens (including phenoxy) is 1. The molecule has 0 aliphatic carbocycles. The highest BCUT2D eigenvalue weighted by atomic mass is 35.5. The minimum absolute atomic E-state index is 0.0923. The van der Waals surface area contributed by atoms with Gasteiger partial charge in [0, 0.05) is 10.0 Å². The van der Waals surface area contributed by atoms with E-state index in [2.05, 4.69) is 5.32 Å². The highest BCUT2D eigenvalue weighted by Crippen LogP contribution is 2.35. The molecule has 0 amide bonds. The van der Waals surface area contributed by atoms with E-state index in [0.29, 0.717) is 11.6 Å². The van der Waals surface area contributed by atoms with E-state index < -0.39 is 0 Å². The SMILES string of the molecule is Clc1cccc([C@@H]2COc3ccc(Cl)cc3N2)c1. The van der Waals surface area contributed by atoms with E-state index in [4.69, 9.17) is 27.9 Å².